The van der Waals surface area contributed by atoms with Crippen molar-refractivity contribution in [1.29, 1.82) is 0 Å². The van der Waals surface area contributed by atoms with Crippen LogP contribution in [0, 0.1) is 0 Å². The molecule has 0 aromatic carbocycles. The molecule has 0 radical (unpaired) electrons. The lowest BCUT2D eigenvalue weighted by molar-refractivity contribution is -0.135. The van der Waals surface area contributed by atoms with Crippen LogP contribution >= 0.6 is 11.8 Å². The van der Waals surface area contributed by atoms with Crippen LogP contribution in [-0.4, -0.2) is 67.0 Å². The van der Waals surface area contributed by atoms with E-state index in [1.54, 1.807) is 11.8 Å². The number of nitrogens with two attached hydrogens (primary N) is 1. The predicted molar refractivity (Wildman–Crippen MR) is 83.5 cm³/mol. The molecule has 0 bridgehead atoms. The van der Waals surface area contributed by atoms with Gasteiger partial charge in [-0.25, -0.2) is 0 Å². The fourth-order valence-corrected chi connectivity index (χ4v) is 3.07. The summed E-state index contributed by atoms with van der Waals surface area (Å²) in [6, 6.07) is 0.1000. The Bertz CT molecular complexity index is 267. The summed E-state index contributed by atoms with van der Waals surface area (Å²) in [5, 5.41) is 0. The lowest BCUT2D eigenvalue weighted by Crippen LogP contribution is -2.50. The van der Waals surface area contributed by atoms with Crippen LogP contribution in [0.15, 0.2) is 0 Å². The van der Waals surface area contributed by atoms with Crippen LogP contribution in [-0.2, 0) is 4.79 Å². The maximum Gasteiger partial charge on any atom is 0.239 e. The molecule has 5 heteroatoms. The van der Waals surface area contributed by atoms with Gasteiger partial charge in [0.05, 0.1) is 6.04 Å². The molecule has 0 aliphatic heterocycles. The zero-order chi connectivity index (χ0) is 14.3. The van der Waals surface area contributed by atoms with Gasteiger partial charge in [-0.3, -0.25) is 4.79 Å². The van der Waals surface area contributed by atoms with Gasteiger partial charge in [0.2, 0.25) is 5.91 Å². The van der Waals surface area contributed by atoms with E-state index in [1.165, 1.54) is 12.8 Å². The van der Waals surface area contributed by atoms with E-state index in [-0.39, 0.29) is 11.9 Å². The SMILES string of the molecule is CSCC[C@@H](N)C(=O)N(CCN(C)C)C1CCCC1. The summed E-state index contributed by atoms with van der Waals surface area (Å²) in [4.78, 5) is 16.7. The molecule has 1 saturated carbocycles. The minimum Gasteiger partial charge on any atom is -0.337 e. The van der Waals surface area contributed by atoms with Gasteiger partial charge in [0, 0.05) is 19.1 Å². The summed E-state index contributed by atoms with van der Waals surface area (Å²) >= 11 is 1.75. The topological polar surface area (TPSA) is 49.6 Å². The van der Waals surface area contributed by atoms with Crippen LogP contribution in [0.4, 0.5) is 0 Å². The molecule has 0 heterocycles. The Morgan fingerprint density at radius 1 is 1.32 bits per heavy atom. The molecule has 1 aliphatic rings. The van der Waals surface area contributed by atoms with Crippen molar-refractivity contribution in [3.05, 3.63) is 0 Å². The van der Waals surface area contributed by atoms with Crippen LogP contribution in [0.2, 0.25) is 0 Å². The van der Waals surface area contributed by atoms with Crippen molar-refractivity contribution < 1.29 is 4.79 Å². The monoisotopic (exact) mass is 287 g/mol. The van der Waals surface area contributed by atoms with Gasteiger partial charge in [0.1, 0.15) is 0 Å². The number of carbonyl (C=O) groups excluding carboxylic acids is 1. The Morgan fingerprint density at radius 3 is 2.47 bits per heavy atom. The van der Waals surface area contributed by atoms with Crippen LogP contribution < -0.4 is 5.73 Å². The molecule has 0 saturated heterocycles. The first kappa shape index (κ1) is 16.8. The molecule has 1 rings (SSSR count). The molecule has 0 spiro atoms. The van der Waals surface area contributed by atoms with Gasteiger partial charge in [-0.15, -0.1) is 0 Å². The average molecular weight is 287 g/mol. The number of likely N-dealkylation sites (N-methyl/N-ethyl adjacent to an activating group) is 1. The van der Waals surface area contributed by atoms with Gasteiger partial charge in [-0.05, 0) is 45.4 Å². The molecular weight excluding hydrogens is 258 g/mol. The summed E-state index contributed by atoms with van der Waals surface area (Å²) in [7, 11) is 4.09. The number of thioether (sulfide) groups is 1. The van der Waals surface area contributed by atoms with E-state index in [2.05, 4.69) is 16.1 Å². The minimum atomic E-state index is -0.324. The Hall–Kier alpha value is -0.260. The van der Waals surface area contributed by atoms with Crippen molar-refractivity contribution in [3.8, 4) is 0 Å². The second-order valence-corrected chi connectivity index (χ2v) is 6.65. The summed E-state index contributed by atoms with van der Waals surface area (Å²) in [5.74, 6) is 1.11. The molecule has 19 heavy (non-hydrogen) atoms. The van der Waals surface area contributed by atoms with E-state index in [9.17, 15) is 4.79 Å². The highest BCUT2D eigenvalue weighted by Gasteiger charge is 2.29. The number of nitrogens with zero attached hydrogens (tertiary/aromatic N) is 2. The standard InChI is InChI=1S/C14H29N3OS/c1-16(2)9-10-17(12-6-4-5-7-12)14(18)13(15)8-11-19-3/h12-13H,4-11,15H2,1-3H3/t13-/m1/s1. The van der Waals surface area contributed by atoms with E-state index >= 15 is 0 Å². The Labute approximate surface area is 122 Å². The van der Waals surface area contributed by atoms with Crippen molar-refractivity contribution in [2.45, 2.75) is 44.2 Å². The van der Waals surface area contributed by atoms with Gasteiger partial charge < -0.3 is 15.5 Å². The molecule has 1 amide bonds. The number of hydrogen-bond donors (Lipinski definition) is 1. The normalized spacial score (nSPS) is 17.9. The highest BCUT2D eigenvalue weighted by molar-refractivity contribution is 7.98. The molecule has 2 N–H and O–H groups in total. The Morgan fingerprint density at radius 2 is 1.95 bits per heavy atom. The largest absolute Gasteiger partial charge is 0.337 e. The quantitative estimate of drug-likeness (QED) is 0.733. The van der Waals surface area contributed by atoms with Gasteiger partial charge in [-0.2, -0.15) is 11.8 Å². The highest BCUT2D eigenvalue weighted by atomic mass is 32.2. The maximum atomic E-state index is 12.5. The van der Waals surface area contributed by atoms with Gasteiger partial charge >= 0.3 is 0 Å². The van der Waals surface area contributed by atoms with Crippen LogP contribution in [0.1, 0.15) is 32.1 Å². The van der Waals surface area contributed by atoms with Crippen LogP contribution in [0.5, 0.6) is 0 Å². The molecule has 112 valence electrons. The van der Waals surface area contributed by atoms with Crippen molar-refractivity contribution >= 4 is 17.7 Å². The van der Waals surface area contributed by atoms with Crippen molar-refractivity contribution in [1.82, 2.24) is 9.80 Å². The average Bonchev–Trinajstić information content (AvgIpc) is 2.89. The number of amides is 1. The smallest absolute Gasteiger partial charge is 0.239 e. The summed E-state index contributed by atoms with van der Waals surface area (Å²) in [6.07, 6.45) is 7.62. The zero-order valence-electron chi connectivity index (χ0n) is 12.6. The van der Waals surface area contributed by atoms with Crippen molar-refractivity contribution in [2.75, 3.05) is 39.2 Å². The number of rotatable bonds is 8. The molecule has 1 aliphatic carbocycles. The van der Waals surface area contributed by atoms with Gasteiger partial charge in [0.15, 0.2) is 0 Å². The van der Waals surface area contributed by atoms with Crippen molar-refractivity contribution in [3.63, 3.8) is 0 Å². The second-order valence-electron chi connectivity index (χ2n) is 5.66. The Balaban J connectivity index is 2.57. The third-order valence-electron chi connectivity index (χ3n) is 3.79. The number of carbonyl (C=O) groups is 1. The molecule has 1 fully saturated rings. The molecule has 4 nitrogen and oxygen atoms in total. The van der Waals surface area contributed by atoms with Gasteiger partial charge in [-0.1, -0.05) is 12.8 Å². The van der Waals surface area contributed by atoms with E-state index in [0.717, 1.165) is 38.1 Å². The first-order chi connectivity index (χ1) is 9.06. The van der Waals surface area contributed by atoms with E-state index in [1.807, 2.05) is 14.1 Å². The zero-order valence-corrected chi connectivity index (χ0v) is 13.4. The van der Waals surface area contributed by atoms with Gasteiger partial charge in [0.25, 0.3) is 0 Å². The lowest BCUT2D eigenvalue weighted by atomic mass is 10.1. The van der Waals surface area contributed by atoms with E-state index in [4.69, 9.17) is 5.73 Å². The maximum absolute atomic E-state index is 12.5. The minimum absolute atomic E-state index is 0.155. The third kappa shape index (κ3) is 5.71. The third-order valence-corrected chi connectivity index (χ3v) is 4.43. The Kier molecular flexibility index (Phi) is 7.80. The first-order valence-electron chi connectivity index (χ1n) is 7.26. The summed E-state index contributed by atoms with van der Waals surface area (Å²) < 4.78 is 0. The fraction of sp³-hybridized carbons (Fsp3) is 0.929. The molecule has 1 atom stereocenters. The fourth-order valence-electron chi connectivity index (χ4n) is 2.58. The lowest BCUT2D eigenvalue weighted by Gasteiger charge is -2.32. The van der Waals surface area contributed by atoms with Crippen molar-refractivity contribution in [2.24, 2.45) is 5.73 Å². The number of hydrogen-bond acceptors (Lipinski definition) is 4. The van der Waals surface area contributed by atoms with Crippen LogP contribution in [0.3, 0.4) is 0 Å². The first-order valence-corrected chi connectivity index (χ1v) is 8.65. The highest BCUT2D eigenvalue weighted by Crippen LogP contribution is 2.24. The van der Waals surface area contributed by atoms with Crippen LogP contribution in [0.25, 0.3) is 0 Å². The predicted octanol–water partition coefficient (Wildman–Crippen LogP) is 1.40. The van der Waals surface area contributed by atoms with E-state index in [0.29, 0.717) is 6.04 Å². The molecular formula is C14H29N3OS. The second kappa shape index (κ2) is 8.82. The molecule has 0 aromatic heterocycles. The van der Waals surface area contributed by atoms with E-state index < -0.39 is 0 Å². The molecule has 0 aromatic rings. The summed E-state index contributed by atoms with van der Waals surface area (Å²) in [5.41, 5.74) is 6.06. The molecule has 0 unspecified atom stereocenters. The summed E-state index contributed by atoms with van der Waals surface area (Å²) in [6.45, 7) is 1.72.